The molecule has 2 unspecified atom stereocenters. The summed E-state index contributed by atoms with van der Waals surface area (Å²) in [7, 11) is 1.47. The number of likely N-dealkylation sites (N-methyl/N-ethyl adjacent to an activating group) is 1. The number of phosphoric ester groups is 1. The molecule has 0 amide bonds. The Labute approximate surface area is 481 Å². The lowest BCUT2D eigenvalue weighted by molar-refractivity contribution is -0.870. The van der Waals surface area contributed by atoms with E-state index in [1.807, 2.05) is 21.1 Å². The van der Waals surface area contributed by atoms with E-state index in [9.17, 15) is 19.0 Å². The molecule has 0 saturated heterocycles. The van der Waals surface area contributed by atoms with Gasteiger partial charge in [0, 0.05) is 12.8 Å². The van der Waals surface area contributed by atoms with Crippen LogP contribution in [0.3, 0.4) is 0 Å². The number of quaternary nitrogens is 1. The average Bonchev–Trinajstić information content (AvgIpc) is 3.41. The summed E-state index contributed by atoms with van der Waals surface area (Å²) in [5.41, 5.74) is 0. The number of esters is 2. The Morgan fingerprint density at radius 1 is 0.410 bits per heavy atom. The van der Waals surface area contributed by atoms with Crippen molar-refractivity contribution < 1.29 is 42.1 Å². The molecule has 0 aromatic rings. The summed E-state index contributed by atoms with van der Waals surface area (Å²) in [6, 6.07) is 0. The summed E-state index contributed by atoms with van der Waals surface area (Å²) in [5, 5.41) is 0. The fraction of sp³-hybridized carbons (Fsp3) is 0.735. The van der Waals surface area contributed by atoms with Crippen LogP contribution in [0.1, 0.15) is 271 Å². The molecule has 0 aromatic carbocycles. The molecule has 0 aliphatic carbocycles. The normalized spacial score (nSPS) is 13.9. The van der Waals surface area contributed by atoms with Crippen molar-refractivity contribution in [3.63, 3.8) is 0 Å². The van der Waals surface area contributed by atoms with E-state index in [1.54, 1.807) is 0 Å². The zero-order chi connectivity index (χ0) is 57.0. The van der Waals surface area contributed by atoms with E-state index in [2.05, 4.69) is 111 Å². The van der Waals surface area contributed by atoms with Crippen LogP contribution in [0.4, 0.5) is 0 Å². The topological polar surface area (TPSA) is 108 Å². The smallest absolute Gasteiger partial charge is 0.462 e. The molecule has 0 aromatic heterocycles. The first-order valence-corrected chi connectivity index (χ1v) is 33.5. The number of nitrogens with zero attached hydrogens (tertiary/aromatic N) is 1. The molecule has 10 heteroatoms. The third-order valence-electron chi connectivity index (χ3n) is 13.6. The Bertz CT molecular complexity index is 1640. The molecular formula is C68H121NO8P+. The van der Waals surface area contributed by atoms with Crippen molar-refractivity contribution >= 4 is 19.8 Å². The van der Waals surface area contributed by atoms with E-state index in [4.69, 9.17) is 18.5 Å². The number of phosphoric acid groups is 1. The summed E-state index contributed by atoms with van der Waals surface area (Å²) in [6.07, 6.45) is 80.6. The van der Waals surface area contributed by atoms with Crippen molar-refractivity contribution in [2.24, 2.45) is 0 Å². The largest absolute Gasteiger partial charge is 0.472 e. The maximum atomic E-state index is 12.8. The van der Waals surface area contributed by atoms with Gasteiger partial charge in [-0.15, -0.1) is 0 Å². The molecule has 9 nitrogen and oxygen atoms in total. The first kappa shape index (κ1) is 74.9. The predicted molar refractivity (Wildman–Crippen MR) is 335 cm³/mol. The Kier molecular flexibility index (Phi) is 56.3. The molecule has 0 aliphatic heterocycles. The first-order valence-electron chi connectivity index (χ1n) is 32.0. The molecule has 0 bridgehead atoms. The standard InChI is InChI=1S/C68H120NO8P/c1-6-8-10-12-14-16-18-20-22-24-26-27-28-29-30-31-32-33-34-35-36-37-38-39-40-41-43-45-47-49-51-53-55-57-59-61-68(71)77-66(65-76-78(72,73)75-63-62-69(3,4)5)64-74-67(70)60-58-56-54-52-50-48-46-44-42-25-23-21-19-17-15-13-11-9-7-2/h8,10,14-17,20-23,26-27,29-30,42,44,66H,6-7,9,11-13,18-19,24-25,28,31-41,43,45-65H2,1-5H3/p+1/b10-8-,16-14-,17-15-,22-20-,23-21-,27-26-,30-29-,44-42-. The van der Waals surface area contributed by atoms with Gasteiger partial charge in [-0.1, -0.05) is 259 Å². The van der Waals surface area contributed by atoms with Crippen LogP contribution in [0.15, 0.2) is 97.2 Å². The maximum absolute atomic E-state index is 12.8. The molecule has 0 rings (SSSR count). The van der Waals surface area contributed by atoms with E-state index < -0.39 is 26.5 Å². The van der Waals surface area contributed by atoms with E-state index in [1.165, 1.54) is 148 Å². The van der Waals surface area contributed by atoms with Gasteiger partial charge in [-0.05, 0) is 96.3 Å². The third-order valence-corrected chi connectivity index (χ3v) is 14.6. The summed E-state index contributed by atoms with van der Waals surface area (Å²) >= 11 is 0. The molecule has 0 fully saturated rings. The molecule has 450 valence electrons. The lowest BCUT2D eigenvalue weighted by Crippen LogP contribution is -2.37. The minimum absolute atomic E-state index is 0.0269. The summed E-state index contributed by atoms with van der Waals surface area (Å²) in [4.78, 5) is 35.8. The molecule has 1 N–H and O–H groups in total. The monoisotopic (exact) mass is 1110 g/mol. The predicted octanol–water partition coefficient (Wildman–Crippen LogP) is 20.4. The number of unbranched alkanes of at least 4 members (excludes halogenated alkanes) is 28. The van der Waals surface area contributed by atoms with Gasteiger partial charge in [-0.2, -0.15) is 0 Å². The first-order chi connectivity index (χ1) is 38.0. The van der Waals surface area contributed by atoms with Crippen molar-refractivity contribution in [2.75, 3.05) is 47.5 Å². The Morgan fingerprint density at radius 2 is 0.731 bits per heavy atom. The van der Waals surface area contributed by atoms with E-state index in [-0.39, 0.29) is 32.0 Å². The van der Waals surface area contributed by atoms with Gasteiger partial charge in [-0.3, -0.25) is 18.6 Å². The molecule has 0 saturated carbocycles. The third kappa shape index (κ3) is 62.1. The Morgan fingerprint density at radius 3 is 1.09 bits per heavy atom. The quantitative estimate of drug-likeness (QED) is 0.0211. The van der Waals surface area contributed by atoms with Crippen LogP contribution in [0.5, 0.6) is 0 Å². The second-order valence-corrected chi connectivity index (χ2v) is 23.9. The van der Waals surface area contributed by atoms with Crippen LogP contribution in [-0.4, -0.2) is 74.9 Å². The van der Waals surface area contributed by atoms with Gasteiger partial charge in [0.25, 0.3) is 0 Å². The fourth-order valence-corrected chi connectivity index (χ4v) is 9.44. The van der Waals surface area contributed by atoms with Crippen molar-refractivity contribution in [1.29, 1.82) is 0 Å². The SMILES string of the molecule is CC/C=C\C/C=C\C/C=C\C/C=C\C/C=C\CCCCCCCCCCCCCCCCCCCCCC(=O)OC(COC(=O)CCCCCCCC/C=C\C/C=C\C/C=C\CCCCC)COP(=O)(O)OCC[N+](C)(C)C. The van der Waals surface area contributed by atoms with Crippen LogP contribution >= 0.6 is 7.82 Å². The Balaban J connectivity index is 4.05. The number of carbonyl (C=O) groups is 2. The van der Waals surface area contributed by atoms with Gasteiger partial charge in [0.2, 0.25) is 0 Å². The van der Waals surface area contributed by atoms with Crippen molar-refractivity contribution in [1.82, 2.24) is 0 Å². The minimum atomic E-state index is -4.39. The number of hydrogen-bond acceptors (Lipinski definition) is 7. The summed E-state index contributed by atoms with van der Waals surface area (Å²) in [6.45, 7) is 4.29. The second-order valence-electron chi connectivity index (χ2n) is 22.4. The van der Waals surface area contributed by atoms with Crippen LogP contribution in [0, 0.1) is 0 Å². The zero-order valence-electron chi connectivity index (χ0n) is 51.1. The fourth-order valence-electron chi connectivity index (χ4n) is 8.70. The zero-order valence-corrected chi connectivity index (χ0v) is 52.0. The van der Waals surface area contributed by atoms with Gasteiger partial charge in [0.15, 0.2) is 6.10 Å². The minimum Gasteiger partial charge on any atom is -0.462 e. The number of hydrogen-bond donors (Lipinski definition) is 1. The van der Waals surface area contributed by atoms with E-state index in [0.29, 0.717) is 17.4 Å². The highest BCUT2D eigenvalue weighted by atomic mass is 31.2. The highest BCUT2D eigenvalue weighted by Crippen LogP contribution is 2.43. The molecular weight excluding hydrogens is 990 g/mol. The molecule has 0 heterocycles. The highest BCUT2D eigenvalue weighted by molar-refractivity contribution is 7.47. The lowest BCUT2D eigenvalue weighted by Gasteiger charge is -2.24. The number of ether oxygens (including phenoxy) is 2. The van der Waals surface area contributed by atoms with Gasteiger partial charge >= 0.3 is 19.8 Å². The van der Waals surface area contributed by atoms with Crippen LogP contribution in [0.2, 0.25) is 0 Å². The molecule has 0 aliphatic rings. The van der Waals surface area contributed by atoms with Gasteiger partial charge in [0.05, 0.1) is 27.7 Å². The van der Waals surface area contributed by atoms with Gasteiger partial charge in [0.1, 0.15) is 19.8 Å². The van der Waals surface area contributed by atoms with Crippen molar-refractivity contribution in [2.45, 2.75) is 277 Å². The molecule has 0 spiro atoms. The molecule has 78 heavy (non-hydrogen) atoms. The van der Waals surface area contributed by atoms with Gasteiger partial charge in [-0.25, -0.2) is 4.57 Å². The molecule has 2 atom stereocenters. The molecule has 0 radical (unpaired) electrons. The van der Waals surface area contributed by atoms with Crippen molar-refractivity contribution in [3.8, 4) is 0 Å². The van der Waals surface area contributed by atoms with E-state index in [0.717, 1.165) is 89.9 Å². The number of rotatable bonds is 58. The average molecular weight is 1110 g/mol. The summed E-state index contributed by atoms with van der Waals surface area (Å²) < 4.78 is 34.6. The van der Waals surface area contributed by atoms with Crippen LogP contribution in [0.25, 0.3) is 0 Å². The Hall–Kier alpha value is -3.07. The van der Waals surface area contributed by atoms with E-state index >= 15 is 0 Å². The van der Waals surface area contributed by atoms with Crippen LogP contribution in [-0.2, 0) is 32.7 Å². The highest BCUT2D eigenvalue weighted by Gasteiger charge is 2.27. The number of carbonyl (C=O) groups excluding carboxylic acids is 2. The lowest BCUT2D eigenvalue weighted by atomic mass is 10.0. The van der Waals surface area contributed by atoms with Gasteiger partial charge < -0.3 is 18.9 Å². The summed E-state index contributed by atoms with van der Waals surface area (Å²) in [5.74, 6) is -0.807. The maximum Gasteiger partial charge on any atom is 0.472 e. The van der Waals surface area contributed by atoms with Crippen molar-refractivity contribution in [3.05, 3.63) is 97.2 Å². The van der Waals surface area contributed by atoms with Crippen LogP contribution < -0.4 is 0 Å². The second kappa shape index (κ2) is 58.6. The number of allylic oxidation sites excluding steroid dienone is 16.